The Kier molecular flexibility index (Phi) is 6.47. The summed E-state index contributed by atoms with van der Waals surface area (Å²) in [6.07, 6.45) is 0. The lowest BCUT2D eigenvalue weighted by Crippen LogP contribution is -2.13. The Morgan fingerprint density at radius 1 is 1.31 bits per heavy atom. The first-order chi connectivity index (χ1) is 12.1. The summed E-state index contributed by atoms with van der Waals surface area (Å²) in [6, 6.07) is 3.16. The van der Waals surface area contributed by atoms with Crippen molar-refractivity contribution >= 4 is 34.0 Å². The number of ether oxygens (including phenoxy) is 2. The summed E-state index contributed by atoms with van der Waals surface area (Å²) in [6.45, 7) is 10.7. The number of nitrogens with zero attached hydrogens (tertiary/aromatic N) is 2. The summed E-state index contributed by atoms with van der Waals surface area (Å²) in [5.41, 5.74) is 0.235. The molecule has 0 aliphatic carbocycles. The van der Waals surface area contributed by atoms with Gasteiger partial charge in [0.2, 0.25) is 5.13 Å². The van der Waals surface area contributed by atoms with E-state index in [1.807, 2.05) is 34.6 Å². The maximum Gasteiger partial charge on any atom is 0.257 e. The Morgan fingerprint density at radius 3 is 2.54 bits per heavy atom. The van der Waals surface area contributed by atoms with E-state index in [2.05, 4.69) is 15.5 Å². The van der Waals surface area contributed by atoms with Crippen LogP contribution in [0.25, 0.3) is 0 Å². The summed E-state index contributed by atoms with van der Waals surface area (Å²) in [5, 5.41) is 12.5. The Labute approximate surface area is 162 Å². The average Bonchev–Trinajstić information content (AvgIpc) is 3.01. The molecule has 0 saturated carbocycles. The highest BCUT2D eigenvalue weighted by Crippen LogP contribution is 2.37. The van der Waals surface area contributed by atoms with Crippen molar-refractivity contribution in [1.82, 2.24) is 10.2 Å². The fraction of sp³-hybridized carbons (Fsp3) is 0.500. The largest absolute Gasteiger partial charge is 0.493 e. The van der Waals surface area contributed by atoms with E-state index in [0.717, 1.165) is 5.01 Å². The van der Waals surface area contributed by atoms with Crippen LogP contribution >= 0.6 is 22.9 Å². The van der Waals surface area contributed by atoms with Gasteiger partial charge in [-0.3, -0.25) is 10.1 Å². The maximum absolute atomic E-state index is 12.5. The van der Waals surface area contributed by atoms with E-state index in [9.17, 15) is 4.79 Å². The van der Waals surface area contributed by atoms with Crippen molar-refractivity contribution in [1.29, 1.82) is 0 Å². The van der Waals surface area contributed by atoms with Crippen molar-refractivity contribution in [3.8, 4) is 11.5 Å². The maximum atomic E-state index is 12.5. The van der Waals surface area contributed by atoms with Crippen LogP contribution in [0.15, 0.2) is 12.1 Å². The van der Waals surface area contributed by atoms with Crippen LogP contribution in [0.1, 0.15) is 50.0 Å². The molecule has 6 nitrogen and oxygen atoms in total. The number of halogens is 1. The fourth-order valence-electron chi connectivity index (χ4n) is 1.99. The summed E-state index contributed by atoms with van der Waals surface area (Å²) in [7, 11) is 1.51. The number of hydrogen-bond donors (Lipinski definition) is 1. The van der Waals surface area contributed by atoms with Gasteiger partial charge in [0, 0.05) is 11.0 Å². The van der Waals surface area contributed by atoms with Crippen molar-refractivity contribution < 1.29 is 14.3 Å². The topological polar surface area (TPSA) is 73.3 Å². The van der Waals surface area contributed by atoms with Crippen molar-refractivity contribution in [3.05, 3.63) is 27.7 Å². The summed E-state index contributed by atoms with van der Waals surface area (Å²) in [5.74, 6) is 0.853. The number of carbonyl (C=O) groups is 1. The Bertz CT molecular complexity index is 784. The van der Waals surface area contributed by atoms with Crippen LogP contribution in [0, 0.1) is 5.92 Å². The molecule has 1 aromatic heterocycles. The lowest BCUT2D eigenvalue weighted by Gasteiger charge is -2.15. The molecule has 0 aliphatic heterocycles. The molecule has 0 spiro atoms. The first kappa shape index (κ1) is 20.5. The molecular weight excluding hydrogens is 374 g/mol. The van der Waals surface area contributed by atoms with Gasteiger partial charge in [-0.2, -0.15) is 0 Å². The predicted octanol–water partition coefficient (Wildman–Crippen LogP) is 4.78. The van der Waals surface area contributed by atoms with Crippen molar-refractivity contribution in [2.45, 2.75) is 40.0 Å². The molecule has 8 heteroatoms. The molecule has 0 bridgehead atoms. The molecule has 26 heavy (non-hydrogen) atoms. The predicted molar refractivity (Wildman–Crippen MR) is 105 cm³/mol. The van der Waals surface area contributed by atoms with Crippen LogP contribution in [0.2, 0.25) is 5.02 Å². The number of carbonyl (C=O) groups excluding carboxylic acids is 1. The minimum atomic E-state index is -0.336. The highest BCUT2D eigenvalue weighted by atomic mass is 35.5. The lowest BCUT2D eigenvalue weighted by atomic mass is 9.98. The van der Waals surface area contributed by atoms with Crippen molar-refractivity contribution in [2.75, 3.05) is 19.0 Å². The third-order valence-electron chi connectivity index (χ3n) is 3.34. The van der Waals surface area contributed by atoms with E-state index in [1.54, 1.807) is 12.1 Å². The van der Waals surface area contributed by atoms with Gasteiger partial charge in [0.05, 0.1) is 18.7 Å². The van der Waals surface area contributed by atoms with Gasteiger partial charge in [0.15, 0.2) is 11.5 Å². The highest BCUT2D eigenvalue weighted by molar-refractivity contribution is 7.15. The summed E-state index contributed by atoms with van der Waals surface area (Å²) < 4.78 is 11.0. The molecule has 0 fully saturated rings. The molecule has 1 amide bonds. The van der Waals surface area contributed by atoms with E-state index in [-0.39, 0.29) is 11.3 Å². The Balaban J connectivity index is 2.21. The molecule has 2 rings (SSSR count). The molecule has 142 valence electrons. The molecule has 2 aromatic rings. The molecule has 1 aromatic carbocycles. The van der Waals surface area contributed by atoms with Gasteiger partial charge < -0.3 is 9.47 Å². The Hall–Kier alpha value is -1.86. The second-order valence-corrected chi connectivity index (χ2v) is 8.70. The molecular formula is C18H24ClN3O3S. The first-order valence-corrected chi connectivity index (χ1v) is 9.47. The zero-order valence-corrected chi connectivity index (χ0v) is 17.4. The third-order valence-corrected chi connectivity index (χ3v) is 4.88. The fourth-order valence-corrected chi connectivity index (χ4v) is 3.05. The van der Waals surface area contributed by atoms with E-state index in [1.165, 1.54) is 18.4 Å². The number of hydrogen-bond acceptors (Lipinski definition) is 6. The van der Waals surface area contributed by atoms with Crippen molar-refractivity contribution in [3.63, 3.8) is 0 Å². The van der Waals surface area contributed by atoms with Gasteiger partial charge >= 0.3 is 0 Å². The van der Waals surface area contributed by atoms with Gasteiger partial charge in [-0.15, -0.1) is 10.2 Å². The van der Waals surface area contributed by atoms with Crippen LogP contribution < -0.4 is 14.8 Å². The number of aromatic nitrogens is 2. The van der Waals surface area contributed by atoms with E-state index in [0.29, 0.717) is 39.7 Å². The minimum Gasteiger partial charge on any atom is -0.493 e. The monoisotopic (exact) mass is 397 g/mol. The molecule has 0 saturated heterocycles. The van der Waals surface area contributed by atoms with E-state index in [4.69, 9.17) is 21.1 Å². The zero-order chi connectivity index (χ0) is 19.5. The number of amides is 1. The quantitative estimate of drug-likeness (QED) is 0.758. The van der Waals surface area contributed by atoms with Crippen LogP contribution in [0.5, 0.6) is 11.5 Å². The molecule has 1 heterocycles. The van der Waals surface area contributed by atoms with Gasteiger partial charge in [-0.1, -0.05) is 57.6 Å². The number of anilines is 1. The molecule has 0 unspecified atom stereocenters. The molecule has 0 aliphatic rings. The third kappa shape index (κ3) is 5.08. The van der Waals surface area contributed by atoms with Crippen molar-refractivity contribution in [2.24, 2.45) is 5.92 Å². The van der Waals surface area contributed by atoms with Gasteiger partial charge in [0.25, 0.3) is 5.91 Å². The minimum absolute atomic E-state index is 0.122. The second-order valence-electron chi connectivity index (χ2n) is 7.31. The normalized spacial score (nSPS) is 11.5. The first-order valence-electron chi connectivity index (χ1n) is 8.27. The summed E-state index contributed by atoms with van der Waals surface area (Å²) >= 11 is 7.65. The van der Waals surface area contributed by atoms with Crippen LogP contribution in [-0.4, -0.2) is 29.8 Å². The average molecular weight is 398 g/mol. The van der Waals surface area contributed by atoms with Gasteiger partial charge in [-0.05, 0) is 18.1 Å². The van der Waals surface area contributed by atoms with E-state index < -0.39 is 0 Å². The molecule has 0 radical (unpaired) electrons. The molecule has 1 N–H and O–H groups in total. The van der Waals surface area contributed by atoms with Gasteiger partial charge in [-0.25, -0.2) is 0 Å². The zero-order valence-electron chi connectivity index (χ0n) is 15.8. The smallest absolute Gasteiger partial charge is 0.257 e. The standard InChI is InChI=1S/C18H24ClN3O3S/c1-10(2)9-25-14-12(19)7-11(8-13(14)24-6)15(23)20-17-22-21-16(26-17)18(3,4)5/h7-8,10H,9H2,1-6H3,(H,20,22,23). The van der Waals surface area contributed by atoms with Gasteiger partial charge in [0.1, 0.15) is 5.01 Å². The Morgan fingerprint density at radius 2 is 2.00 bits per heavy atom. The SMILES string of the molecule is COc1cc(C(=O)Nc2nnc(C(C)(C)C)s2)cc(Cl)c1OCC(C)C. The number of benzene rings is 1. The van der Waals surface area contributed by atoms with Crippen LogP contribution in [0.4, 0.5) is 5.13 Å². The second kappa shape index (κ2) is 8.22. The number of nitrogens with one attached hydrogen (secondary N) is 1. The van der Waals surface area contributed by atoms with Crippen LogP contribution in [0.3, 0.4) is 0 Å². The van der Waals surface area contributed by atoms with E-state index >= 15 is 0 Å². The molecule has 0 atom stereocenters. The highest BCUT2D eigenvalue weighted by Gasteiger charge is 2.21. The lowest BCUT2D eigenvalue weighted by molar-refractivity contribution is 0.102. The summed E-state index contributed by atoms with van der Waals surface area (Å²) in [4.78, 5) is 12.5. The number of methoxy groups -OCH3 is 1. The number of rotatable bonds is 6. The van der Waals surface area contributed by atoms with Crippen LogP contribution in [-0.2, 0) is 5.41 Å².